The van der Waals surface area contributed by atoms with Crippen LogP contribution in [0.3, 0.4) is 0 Å². The van der Waals surface area contributed by atoms with Crippen molar-refractivity contribution >= 4 is 9.84 Å². The molecule has 1 saturated heterocycles. The second-order valence-corrected chi connectivity index (χ2v) is 6.81. The Kier molecular flexibility index (Phi) is 4.24. The summed E-state index contributed by atoms with van der Waals surface area (Å²) in [4.78, 5) is 0. The summed E-state index contributed by atoms with van der Waals surface area (Å²) in [6.07, 6.45) is 1.28. The van der Waals surface area contributed by atoms with Gasteiger partial charge in [0.25, 0.3) is 0 Å². The van der Waals surface area contributed by atoms with E-state index in [1.54, 1.807) is 7.11 Å². The van der Waals surface area contributed by atoms with Gasteiger partial charge in [-0.15, -0.1) is 0 Å². The summed E-state index contributed by atoms with van der Waals surface area (Å²) in [7, 11) is -1.17. The van der Waals surface area contributed by atoms with Crippen LogP contribution in [0.4, 0.5) is 0 Å². The van der Waals surface area contributed by atoms with Gasteiger partial charge in [0.15, 0.2) is 9.84 Å². The van der Waals surface area contributed by atoms with E-state index >= 15 is 0 Å². The molecule has 0 saturated carbocycles. The molecule has 2 rings (SSSR count). The van der Waals surface area contributed by atoms with E-state index in [9.17, 15) is 8.42 Å². The third-order valence-corrected chi connectivity index (χ3v) is 4.86. The molecule has 0 unspecified atom stereocenters. The van der Waals surface area contributed by atoms with Crippen molar-refractivity contribution in [3.8, 4) is 5.75 Å². The Labute approximate surface area is 108 Å². The van der Waals surface area contributed by atoms with Crippen molar-refractivity contribution < 1.29 is 17.9 Å². The van der Waals surface area contributed by atoms with E-state index in [1.807, 2.05) is 24.3 Å². The molecule has 18 heavy (non-hydrogen) atoms. The zero-order valence-corrected chi connectivity index (χ0v) is 11.3. The maximum Gasteiger partial charge on any atom is 0.150 e. The van der Waals surface area contributed by atoms with Crippen molar-refractivity contribution in [3.63, 3.8) is 0 Å². The quantitative estimate of drug-likeness (QED) is 0.837. The van der Waals surface area contributed by atoms with Crippen LogP contribution in [0.2, 0.25) is 0 Å². The van der Waals surface area contributed by atoms with Gasteiger partial charge < -0.3 is 9.47 Å². The van der Waals surface area contributed by atoms with Crippen molar-refractivity contribution in [1.29, 1.82) is 0 Å². The molecule has 0 amide bonds. The summed E-state index contributed by atoms with van der Waals surface area (Å²) in [5.41, 5.74) is 1.07. The predicted octanol–water partition coefficient (Wildman–Crippen LogP) is 1.79. The van der Waals surface area contributed by atoms with Crippen LogP contribution in [0, 0.1) is 0 Å². The van der Waals surface area contributed by atoms with E-state index in [-0.39, 0.29) is 17.6 Å². The molecule has 1 aliphatic rings. The molecule has 0 aromatic heterocycles. The number of hydrogen-bond acceptors (Lipinski definition) is 4. The number of ether oxygens (including phenoxy) is 2. The van der Waals surface area contributed by atoms with Crippen molar-refractivity contribution in [2.24, 2.45) is 0 Å². The van der Waals surface area contributed by atoms with E-state index in [2.05, 4.69) is 0 Å². The van der Waals surface area contributed by atoms with Crippen LogP contribution >= 0.6 is 0 Å². The Morgan fingerprint density at radius 3 is 2.33 bits per heavy atom. The molecule has 1 heterocycles. The smallest absolute Gasteiger partial charge is 0.150 e. The average Bonchev–Trinajstić information content (AvgIpc) is 2.38. The van der Waals surface area contributed by atoms with E-state index in [0.717, 1.165) is 11.3 Å². The zero-order chi connectivity index (χ0) is 13.0. The van der Waals surface area contributed by atoms with Gasteiger partial charge in [0.2, 0.25) is 0 Å². The third kappa shape index (κ3) is 3.71. The molecule has 1 aliphatic heterocycles. The van der Waals surface area contributed by atoms with Crippen LogP contribution in [0.15, 0.2) is 24.3 Å². The molecule has 0 aliphatic carbocycles. The Morgan fingerprint density at radius 1 is 1.17 bits per heavy atom. The first-order valence-corrected chi connectivity index (χ1v) is 7.86. The Bertz CT molecular complexity index is 464. The van der Waals surface area contributed by atoms with Crippen LogP contribution in [0.1, 0.15) is 18.4 Å². The SMILES string of the molecule is COc1ccc(COC2CCS(=O)(=O)CC2)cc1. The fourth-order valence-corrected chi connectivity index (χ4v) is 3.42. The lowest BCUT2D eigenvalue weighted by atomic mass is 10.2. The van der Waals surface area contributed by atoms with E-state index in [4.69, 9.17) is 9.47 Å². The van der Waals surface area contributed by atoms with Gasteiger partial charge in [-0.1, -0.05) is 12.1 Å². The highest BCUT2D eigenvalue weighted by molar-refractivity contribution is 7.91. The summed E-state index contributed by atoms with van der Waals surface area (Å²) in [5.74, 6) is 1.32. The lowest BCUT2D eigenvalue weighted by molar-refractivity contribution is 0.0345. The fraction of sp³-hybridized carbons (Fsp3) is 0.538. The highest BCUT2D eigenvalue weighted by atomic mass is 32.2. The monoisotopic (exact) mass is 270 g/mol. The first-order valence-electron chi connectivity index (χ1n) is 6.04. The Morgan fingerprint density at radius 2 is 1.78 bits per heavy atom. The summed E-state index contributed by atoms with van der Waals surface area (Å²) in [6, 6.07) is 7.70. The molecule has 1 fully saturated rings. The second kappa shape index (κ2) is 5.71. The van der Waals surface area contributed by atoms with E-state index in [1.165, 1.54) is 0 Å². The molecule has 1 aromatic rings. The second-order valence-electron chi connectivity index (χ2n) is 4.51. The van der Waals surface area contributed by atoms with Gasteiger partial charge >= 0.3 is 0 Å². The normalized spacial score (nSPS) is 19.6. The molecule has 0 radical (unpaired) electrons. The summed E-state index contributed by atoms with van der Waals surface area (Å²) < 4.78 is 33.4. The molecule has 100 valence electrons. The van der Waals surface area contributed by atoms with Crippen LogP contribution in [0.25, 0.3) is 0 Å². The van der Waals surface area contributed by atoms with Crippen molar-refractivity contribution in [2.45, 2.75) is 25.6 Å². The molecule has 1 aromatic carbocycles. The van der Waals surface area contributed by atoms with E-state index < -0.39 is 9.84 Å². The maximum absolute atomic E-state index is 11.3. The topological polar surface area (TPSA) is 52.6 Å². The highest BCUT2D eigenvalue weighted by Gasteiger charge is 2.23. The fourth-order valence-electron chi connectivity index (χ4n) is 1.97. The van der Waals surface area contributed by atoms with Crippen molar-refractivity contribution in [1.82, 2.24) is 0 Å². The van der Waals surface area contributed by atoms with Gasteiger partial charge in [-0.25, -0.2) is 8.42 Å². The first-order chi connectivity index (χ1) is 8.59. The first kappa shape index (κ1) is 13.4. The van der Waals surface area contributed by atoms with Crippen LogP contribution in [-0.2, 0) is 21.2 Å². The third-order valence-electron chi connectivity index (χ3n) is 3.15. The van der Waals surface area contributed by atoms with Gasteiger partial charge in [-0.05, 0) is 30.5 Å². The lowest BCUT2D eigenvalue weighted by Gasteiger charge is -2.22. The molecule has 0 N–H and O–H groups in total. The summed E-state index contributed by atoms with van der Waals surface area (Å²) >= 11 is 0. The van der Waals surface area contributed by atoms with Gasteiger partial charge in [0.05, 0.1) is 31.3 Å². The number of methoxy groups -OCH3 is 1. The molecule has 0 atom stereocenters. The lowest BCUT2D eigenvalue weighted by Crippen LogP contribution is -2.28. The Balaban J connectivity index is 1.81. The van der Waals surface area contributed by atoms with Crippen LogP contribution in [0.5, 0.6) is 5.75 Å². The molecule has 4 nitrogen and oxygen atoms in total. The van der Waals surface area contributed by atoms with Gasteiger partial charge in [-0.2, -0.15) is 0 Å². The molecule has 5 heteroatoms. The summed E-state index contributed by atoms with van der Waals surface area (Å²) in [5, 5.41) is 0. The van der Waals surface area contributed by atoms with Crippen LogP contribution in [-0.4, -0.2) is 33.1 Å². The van der Waals surface area contributed by atoms with Crippen molar-refractivity contribution in [3.05, 3.63) is 29.8 Å². The minimum Gasteiger partial charge on any atom is -0.497 e. The molecule has 0 spiro atoms. The standard InChI is InChI=1S/C13H18O4S/c1-16-12-4-2-11(3-5-12)10-17-13-6-8-18(14,15)9-7-13/h2-5,13H,6-10H2,1H3. The van der Waals surface area contributed by atoms with Crippen LogP contribution < -0.4 is 4.74 Å². The van der Waals surface area contributed by atoms with Gasteiger partial charge in [0.1, 0.15) is 5.75 Å². The average molecular weight is 270 g/mol. The minimum absolute atomic E-state index is 0.0654. The number of rotatable bonds is 4. The Hall–Kier alpha value is -1.07. The largest absolute Gasteiger partial charge is 0.497 e. The number of benzene rings is 1. The molecular weight excluding hydrogens is 252 g/mol. The number of sulfone groups is 1. The van der Waals surface area contributed by atoms with Gasteiger partial charge in [0, 0.05) is 0 Å². The summed E-state index contributed by atoms with van der Waals surface area (Å²) in [6.45, 7) is 0.523. The predicted molar refractivity (Wildman–Crippen MR) is 69.5 cm³/mol. The van der Waals surface area contributed by atoms with Crippen molar-refractivity contribution in [2.75, 3.05) is 18.6 Å². The highest BCUT2D eigenvalue weighted by Crippen LogP contribution is 2.18. The zero-order valence-electron chi connectivity index (χ0n) is 10.5. The van der Waals surface area contributed by atoms with E-state index in [0.29, 0.717) is 19.4 Å². The minimum atomic E-state index is -2.80. The van der Waals surface area contributed by atoms with Gasteiger partial charge in [-0.3, -0.25) is 0 Å². The molecular formula is C13H18O4S. The molecule has 0 bridgehead atoms. The number of hydrogen-bond donors (Lipinski definition) is 0. The maximum atomic E-state index is 11.3.